The molecule has 0 fully saturated rings. The summed E-state index contributed by atoms with van der Waals surface area (Å²) >= 11 is 0. The quantitative estimate of drug-likeness (QED) is 0.645. The third-order valence-electron chi connectivity index (χ3n) is 4.17. The minimum atomic E-state index is -3.75. The molecule has 3 rings (SSSR count). The number of amides is 1. The van der Waals surface area contributed by atoms with Crippen LogP contribution in [0.15, 0.2) is 77.7 Å². The molecule has 2 N–H and O–H groups in total. The van der Waals surface area contributed by atoms with Crippen LogP contribution in [0.25, 0.3) is 0 Å². The van der Waals surface area contributed by atoms with Gasteiger partial charge in [-0.05, 0) is 66.6 Å². The van der Waals surface area contributed by atoms with Gasteiger partial charge in [-0.1, -0.05) is 25.1 Å². The first kappa shape index (κ1) is 19.6. The number of sulfonamides is 1. The molecule has 28 heavy (non-hydrogen) atoms. The zero-order valence-corrected chi connectivity index (χ0v) is 16.0. The predicted octanol–water partition coefficient (Wildman–Crippen LogP) is 4.44. The van der Waals surface area contributed by atoms with Crippen molar-refractivity contribution in [1.82, 2.24) is 0 Å². The second kappa shape index (κ2) is 8.22. The largest absolute Gasteiger partial charge is 0.322 e. The Morgan fingerprint density at radius 1 is 0.929 bits per heavy atom. The number of carbonyl (C=O) groups is 1. The van der Waals surface area contributed by atoms with Gasteiger partial charge in [-0.2, -0.15) is 0 Å². The van der Waals surface area contributed by atoms with E-state index in [1.165, 1.54) is 48.5 Å². The molecule has 0 spiro atoms. The first-order valence-electron chi connectivity index (χ1n) is 8.67. The van der Waals surface area contributed by atoms with Crippen molar-refractivity contribution in [1.29, 1.82) is 0 Å². The molecule has 3 aromatic carbocycles. The normalized spacial score (nSPS) is 11.1. The molecule has 7 heteroatoms. The molecule has 0 aromatic heterocycles. The molecule has 144 valence electrons. The van der Waals surface area contributed by atoms with E-state index in [4.69, 9.17) is 0 Å². The molecule has 3 aromatic rings. The standard InChI is InChI=1S/C21H19FN2O3S/c1-2-15-5-3-4-6-20(15)24-28(26,27)19-13-11-18(12-14-19)23-21(25)16-7-9-17(22)10-8-16/h3-14,24H,2H2,1H3,(H,23,25). The smallest absolute Gasteiger partial charge is 0.261 e. The average Bonchev–Trinajstić information content (AvgIpc) is 2.69. The van der Waals surface area contributed by atoms with Gasteiger partial charge < -0.3 is 5.32 Å². The Morgan fingerprint density at radius 3 is 2.21 bits per heavy atom. The fourth-order valence-corrected chi connectivity index (χ4v) is 3.75. The van der Waals surface area contributed by atoms with Crippen molar-refractivity contribution in [2.24, 2.45) is 0 Å². The summed E-state index contributed by atoms with van der Waals surface area (Å²) in [6, 6.07) is 18.2. The maximum absolute atomic E-state index is 12.9. The molecule has 1 amide bonds. The summed E-state index contributed by atoms with van der Waals surface area (Å²) in [5.41, 5.74) is 2.17. The molecule has 0 aliphatic rings. The summed E-state index contributed by atoms with van der Waals surface area (Å²) < 4.78 is 40.8. The van der Waals surface area contributed by atoms with Gasteiger partial charge in [0, 0.05) is 11.3 Å². The third kappa shape index (κ3) is 4.55. The van der Waals surface area contributed by atoms with E-state index in [2.05, 4.69) is 10.0 Å². The third-order valence-corrected chi connectivity index (χ3v) is 5.55. The highest BCUT2D eigenvalue weighted by molar-refractivity contribution is 7.92. The van der Waals surface area contributed by atoms with Crippen LogP contribution in [0.5, 0.6) is 0 Å². The minimum absolute atomic E-state index is 0.0817. The Balaban J connectivity index is 1.74. The molecular formula is C21H19FN2O3S. The molecule has 0 unspecified atom stereocenters. The highest BCUT2D eigenvalue weighted by Crippen LogP contribution is 2.22. The van der Waals surface area contributed by atoms with E-state index < -0.39 is 21.7 Å². The van der Waals surface area contributed by atoms with Crippen molar-refractivity contribution in [3.05, 3.63) is 89.7 Å². The summed E-state index contributed by atoms with van der Waals surface area (Å²) in [5, 5.41) is 2.65. The molecule has 0 saturated heterocycles. The zero-order valence-electron chi connectivity index (χ0n) is 15.1. The van der Waals surface area contributed by atoms with E-state index in [1.54, 1.807) is 12.1 Å². The van der Waals surface area contributed by atoms with Gasteiger partial charge in [0.2, 0.25) is 0 Å². The summed E-state index contributed by atoms with van der Waals surface area (Å²) in [4.78, 5) is 12.2. The van der Waals surface area contributed by atoms with Crippen LogP contribution >= 0.6 is 0 Å². The summed E-state index contributed by atoms with van der Waals surface area (Å²) in [5.74, 6) is -0.839. The first-order valence-corrected chi connectivity index (χ1v) is 10.1. The lowest BCUT2D eigenvalue weighted by Gasteiger charge is -2.12. The van der Waals surface area contributed by atoms with E-state index in [-0.39, 0.29) is 4.90 Å². The second-order valence-corrected chi connectivity index (χ2v) is 7.78. The van der Waals surface area contributed by atoms with Gasteiger partial charge >= 0.3 is 0 Å². The van der Waals surface area contributed by atoms with Gasteiger partial charge in [-0.25, -0.2) is 12.8 Å². The summed E-state index contributed by atoms with van der Waals surface area (Å²) in [7, 11) is -3.75. The van der Waals surface area contributed by atoms with E-state index in [0.29, 0.717) is 23.4 Å². The van der Waals surface area contributed by atoms with Gasteiger partial charge in [0.1, 0.15) is 5.82 Å². The van der Waals surface area contributed by atoms with E-state index in [1.807, 2.05) is 19.1 Å². The summed E-state index contributed by atoms with van der Waals surface area (Å²) in [6.45, 7) is 1.95. The van der Waals surface area contributed by atoms with Crippen molar-refractivity contribution >= 4 is 27.3 Å². The number of halogens is 1. The molecular weight excluding hydrogens is 379 g/mol. The monoisotopic (exact) mass is 398 g/mol. The number of para-hydroxylation sites is 1. The Hall–Kier alpha value is -3.19. The van der Waals surface area contributed by atoms with Crippen LogP contribution in [0.3, 0.4) is 0 Å². The topological polar surface area (TPSA) is 75.3 Å². The fourth-order valence-electron chi connectivity index (χ4n) is 2.65. The number of nitrogens with one attached hydrogen (secondary N) is 2. The Morgan fingerprint density at radius 2 is 1.57 bits per heavy atom. The van der Waals surface area contributed by atoms with Crippen molar-refractivity contribution in [3.8, 4) is 0 Å². The SMILES string of the molecule is CCc1ccccc1NS(=O)(=O)c1ccc(NC(=O)c2ccc(F)cc2)cc1. The number of anilines is 2. The van der Waals surface area contributed by atoms with Crippen LogP contribution in [0.4, 0.5) is 15.8 Å². The number of rotatable bonds is 6. The lowest BCUT2D eigenvalue weighted by molar-refractivity contribution is 0.102. The molecule has 5 nitrogen and oxygen atoms in total. The van der Waals surface area contributed by atoms with Gasteiger partial charge in [0.05, 0.1) is 10.6 Å². The van der Waals surface area contributed by atoms with Crippen molar-refractivity contribution in [2.75, 3.05) is 10.0 Å². The number of hydrogen-bond acceptors (Lipinski definition) is 3. The lowest BCUT2D eigenvalue weighted by Crippen LogP contribution is -2.15. The van der Waals surface area contributed by atoms with Crippen LogP contribution in [-0.2, 0) is 16.4 Å². The number of aryl methyl sites for hydroxylation is 1. The van der Waals surface area contributed by atoms with Gasteiger partial charge in [-0.3, -0.25) is 9.52 Å². The van der Waals surface area contributed by atoms with Crippen LogP contribution < -0.4 is 10.0 Å². The van der Waals surface area contributed by atoms with E-state index >= 15 is 0 Å². The number of benzene rings is 3. The first-order chi connectivity index (χ1) is 13.4. The molecule has 0 heterocycles. The van der Waals surface area contributed by atoms with E-state index in [9.17, 15) is 17.6 Å². The van der Waals surface area contributed by atoms with Crippen LogP contribution in [0.2, 0.25) is 0 Å². The van der Waals surface area contributed by atoms with Gasteiger partial charge in [-0.15, -0.1) is 0 Å². The zero-order chi connectivity index (χ0) is 20.1. The van der Waals surface area contributed by atoms with Crippen LogP contribution in [-0.4, -0.2) is 14.3 Å². The van der Waals surface area contributed by atoms with Gasteiger partial charge in [0.15, 0.2) is 0 Å². The molecule has 0 atom stereocenters. The van der Waals surface area contributed by atoms with Crippen molar-refractivity contribution in [2.45, 2.75) is 18.2 Å². The van der Waals surface area contributed by atoms with E-state index in [0.717, 1.165) is 5.56 Å². The molecule has 0 bridgehead atoms. The van der Waals surface area contributed by atoms with Crippen molar-refractivity contribution in [3.63, 3.8) is 0 Å². The number of carbonyl (C=O) groups excluding carboxylic acids is 1. The average molecular weight is 398 g/mol. The maximum atomic E-state index is 12.9. The predicted molar refractivity (Wildman–Crippen MR) is 107 cm³/mol. The molecule has 0 saturated carbocycles. The minimum Gasteiger partial charge on any atom is -0.322 e. The van der Waals surface area contributed by atoms with Crippen molar-refractivity contribution < 1.29 is 17.6 Å². The Labute approximate surface area is 163 Å². The van der Waals surface area contributed by atoms with Crippen LogP contribution in [0, 0.1) is 5.82 Å². The van der Waals surface area contributed by atoms with Crippen LogP contribution in [0.1, 0.15) is 22.8 Å². The summed E-state index contributed by atoms with van der Waals surface area (Å²) in [6.07, 6.45) is 0.701. The maximum Gasteiger partial charge on any atom is 0.261 e. The fraction of sp³-hybridized carbons (Fsp3) is 0.0952. The highest BCUT2D eigenvalue weighted by Gasteiger charge is 2.16. The molecule has 0 aliphatic carbocycles. The molecule has 0 aliphatic heterocycles. The van der Waals surface area contributed by atoms with Gasteiger partial charge in [0.25, 0.3) is 15.9 Å². The Kier molecular flexibility index (Phi) is 5.75. The second-order valence-electron chi connectivity index (χ2n) is 6.10. The number of hydrogen-bond donors (Lipinski definition) is 2. The Bertz CT molecular complexity index is 1080. The lowest BCUT2D eigenvalue weighted by atomic mass is 10.1. The molecule has 0 radical (unpaired) electrons. The highest BCUT2D eigenvalue weighted by atomic mass is 32.2.